The van der Waals surface area contributed by atoms with Gasteiger partial charge in [0.2, 0.25) is 5.91 Å². The molecule has 0 bridgehead atoms. The number of carbonyl (C=O) groups excluding carboxylic acids is 1. The molecule has 1 aromatic carbocycles. The van der Waals surface area contributed by atoms with Crippen LogP contribution in [0.3, 0.4) is 0 Å². The van der Waals surface area contributed by atoms with Gasteiger partial charge in [-0.2, -0.15) is 4.98 Å². The zero-order chi connectivity index (χ0) is 16.4. The van der Waals surface area contributed by atoms with Crippen LogP contribution in [0.25, 0.3) is 0 Å². The Bertz CT molecular complexity index is 720. The van der Waals surface area contributed by atoms with Gasteiger partial charge < -0.3 is 14.2 Å². The number of nitrogens with zero attached hydrogens (tertiary/aromatic N) is 3. The fourth-order valence-electron chi connectivity index (χ4n) is 2.48. The summed E-state index contributed by atoms with van der Waals surface area (Å²) in [6.45, 7) is 2.71. The van der Waals surface area contributed by atoms with Gasteiger partial charge in [-0.3, -0.25) is 4.79 Å². The molecule has 122 valence electrons. The van der Waals surface area contributed by atoms with Gasteiger partial charge in [-0.25, -0.2) is 8.78 Å². The summed E-state index contributed by atoms with van der Waals surface area (Å²) in [5, 5.41) is 3.72. The first kappa shape index (κ1) is 15.5. The number of rotatable bonds is 3. The van der Waals surface area contributed by atoms with Gasteiger partial charge in [0, 0.05) is 6.54 Å². The fraction of sp³-hybridized carbons (Fsp3) is 0.400. The van der Waals surface area contributed by atoms with E-state index in [0.29, 0.717) is 30.4 Å². The molecule has 0 saturated carbocycles. The predicted octanol–water partition coefficient (Wildman–Crippen LogP) is 1.80. The molecule has 0 unspecified atom stereocenters. The van der Waals surface area contributed by atoms with Gasteiger partial charge >= 0.3 is 0 Å². The monoisotopic (exact) mass is 323 g/mol. The number of morpholine rings is 1. The summed E-state index contributed by atoms with van der Waals surface area (Å²) in [6.07, 6.45) is -0.0409. The van der Waals surface area contributed by atoms with Crippen molar-refractivity contribution >= 4 is 5.91 Å². The van der Waals surface area contributed by atoms with Crippen LogP contribution in [0.2, 0.25) is 0 Å². The molecule has 23 heavy (non-hydrogen) atoms. The third-order valence-electron chi connectivity index (χ3n) is 3.62. The van der Waals surface area contributed by atoms with Crippen LogP contribution in [0.4, 0.5) is 8.78 Å². The minimum atomic E-state index is -0.971. The molecule has 6 nitrogen and oxygen atoms in total. The van der Waals surface area contributed by atoms with Gasteiger partial charge in [0.15, 0.2) is 17.5 Å². The number of aromatic nitrogens is 2. The van der Waals surface area contributed by atoms with Gasteiger partial charge in [0.1, 0.15) is 6.04 Å². The van der Waals surface area contributed by atoms with Crippen molar-refractivity contribution in [2.45, 2.75) is 19.4 Å². The van der Waals surface area contributed by atoms with Crippen LogP contribution in [-0.2, 0) is 16.0 Å². The second-order valence-corrected chi connectivity index (χ2v) is 5.28. The molecule has 0 N–H and O–H groups in total. The van der Waals surface area contributed by atoms with Crippen LogP contribution in [0.5, 0.6) is 0 Å². The lowest BCUT2D eigenvalue weighted by molar-refractivity contribution is -0.140. The number of hydrogen-bond acceptors (Lipinski definition) is 5. The number of hydrogen-bond donors (Lipinski definition) is 0. The van der Waals surface area contributed by atoms with E-state index in [1.807, 2.05) is 0 Å². The lowest BCUT2D eigenvalue weighted by atomic mass is 10.1. The molecule has 0 spiro atoms. The molecular weight excluding hydrogens is 308 g/mol. The summed E-state index contributed by atoms with van der Waals surface area (Å²) in [6, 6.07) is 2.96. The van der Waals surface area contributed by atoms with E-state index in [9.17, 15) is 13.6 Å². The first-order chi connectivity index (χ1) is 11.0. The SMILES string of the molecule is Cc1noc([C@H]2COCCN2C(=O)Cc2ccc(F)c(F)c2)n1. The minimum Gasteiger partial charge on any atom is -0.377 e. The van der Waals surface area contributed by atoms with Crippen molar-refractivity contribution in [3.8, 4) is 0 Å². The highest BCUT2D eigenvalue weighted by Gasteiger charge is 2.32. The highest BCUT2D eigenvalue weighted by molar-refractivity contribution is 5.79. The summed E-state index contributed by atoms with van der Waals surface area (Å²) in [5.41, 5.74) is 0.404. The van der Waals surface area contributed by atoms with Gasteiger partial charge in [0.25, 0.3) is 5.89 Å². The fourth-order valence-corrected chi connectivity index (χ4v) is 2.48. The Morgan fingerprint density at radius 3 is 2.91 bits per heavy atom. The van der Waals surface area contributed by atoms with E-state index in [-0.39, 0.29) is 18.9 Å². The number of amides is 1. The standard InChI is InChI=1S/C15H15F2N3O3/c1-9-18-15(23-19-9)13-8-22-5-4-20(13)14(21)7-10-2-3-11(16)12(17)6-10/h2-3,6,13H,4-5,7-8H2,1H3/t13-/m1/s1. The van der Waals surface area contributed by atoms with Crippen LogP contribution >= 0.6 is 0 Å². The number of aryl methyl sites for hydroxylation is 1. The van der Waals surface area contributed by atoms with Gasteiger partial charge in [-0.1, -0.05) is 11.2 Å². The van der Waals surface area contributed by atoms with Crippen molar-refractivity contribution in [2.24, 2.45) is 0 Å². The smallest absolute Gasteiger partial charge is 0.251 e. The maximum Gasteiger partial charge on any atom is 0.251 e. The van der Waals surface area contributed by atoms with Crippen molar-refractivity contribution in [3.05, 3.63) is 47.1 Å². The number of benzene rings is 1. The highest BCUT2D eigenvalue weighted by atomic mass is 19.2. The van der Waals surface area contributed by atoms with E-state index in [0.717, 1.165) is 12.1 Å². The minimum absolute atomic E-state index is 0.0409. The Kier molecular flexibility index (Phi) is 4.33. The lowest BCUT2D eigenvalue weighted by Crippen LogP contribution is -2.44. The molecule has 1 saturated heterocycles. The molecule has 8 heteroatoms. The topological polar surface area (TPSA) is 68.5 Å². The molecule has 1 aliphatic heterocycles. The third kappa shape index (κ3) is 3.37. The van der Waals surface area contributed by atoms with E-state index < -0.39 is 17.7 Å². The Hall–Kier alpha value is -2.35. The van der Waals surface area contributed by atoms with Gasteiger partial charge in [0.05, 0.1) is 19.6 Å². The van der Waals surface area contributed by atoms with Crippen molar-refractivity contribution in [1.82, 2.24) is 15.0 Å². The first-order valence-corrected chi connectivity index (χ1v) is 7.16. The van der Waals surface area contributed by atoms with Crippen LogP contribution in [-0.4, -0.2) is 40.7 Å². The molecular formula is C15H15F2N3O3. The van der Waals surface area contributed by atoms with Crippen molar-refractivity contribution in [2.75, 3.05) is 19.8 Å². The summed E-state index contributed by atoms with van der Waals surface area (Å²) in [7, 11) is 0. The normalized spacial score (nSPS) is 18.2. The van der Waals surface area contributed by atoms with Crippen molar-refractivity contribution < 1.29 is 22.8 Å². The summed E-state index contributed by atoms with van der Waals surface area (Å²) in [4.78, 5) is 18.2. The summed E-state index contributed by atoms with van der Waals surface area (Å²) < 4.78 is 36.7. The van der Waals surface area contributed by atoms with E-state index in [1.54, 1.807) is 11.8 Å². The molecule has 3 rings (SSSR count). The second-order valence-electron chi connectivity index (χ2n) is 5.28. The molecule has 1 amide bonds. The lowest BCUT2D eigenvalue weighted by Gasteiger charge is -2.33. The van der Waals surface area contributed by atoms with Crippen molar-refractivity contribution in [3.63, 3.8) is 0 Å². The maximum absolute atomic E-state index is 13.3. The predicted molar refractivity (Wildman–Crippen MR) is 74.4 cm³/mol. The van der Waals surface area contributed by atoms with E-state index in [1.165, 1.54) is 6.07 Å². The number of carbonyl (C=O) groups is 1. The Morgan fingerprint density at radius 1 is 1.39 bits per heavy atom. The van der Waals surface area contributed by atoms with E-state index in [4.69, 9.17) is 9.26 Å². The number of ether oxygens (including phenoxy) is 1. The second kappa shape index (κ2) is 6.41. The Morgan fingerprint density at radius 2 is 2.22 bits per heavy atom. The van der Waals surface area contributed by atoms with E-state index in [2.05, 4.69) is 10.1 Å². The third-order valence-corrected chi connectivity index (χ3v) is 3.62. The largest absolute Gasteiger partial charge is 0.377 e. The Labute approximate surface area is 131 Å². The van der Waals surface area contributed by atoms with Crippen LogP contribution in [0, 0.1) is 18.6 Å². The first-order valence-electron chi connectivity index (χ1n) is 7.16. The average molecular weight is 323 g/mol. The average Bonchev–Trinajstić information content (AvgIpc) is 2.97. The number of halogens is 2. The van der Waals surface area contributed by atoms with Crippen LogP contribution in [0.1, 0.15) is 23.3 Å². The summed E-state index contributed by atoms with van der Waals surface area (Å²) in [5.74, 6) is -1.37. The molecule has 0 aliphatic carbocycles. The molecule has 2 aromatic rings. The van der Waals surface area contributed by atoms with Gasteiger partial charge in [-0.05, 0) is 24.6 Å². The zero-order valence-electron chi connectivity index (χ0n) is 12.5. The van der Waals surface area contributed by atoms with Gasteiger partial charge in [-0.15, -0.1) is 0 Å². The molecule has 1 atom stereocenters. The molecule has 1 fully saturated rings. The Balaban J connectivity index is 1.77. The molecule has 2 heterocycles. The highest BCUT2D eigenvalue weighted by Crippen LogP contribution is 2.24. The molecule has 0 radical (unpaired) electrons. The van der Waals surface area contributed by atoms with Crippen LogP contribution < -0.4 is 0 Å². The van der Waals surface area contributed by atoms with E-state index >= 15 is 0 Å². The molecule has 1 aliphatic rings. The quantitative estimate of drug-likeness (QED) is 0.861. The maximum atomic E-state index is 13.3. The van der Waals surface area contributed by atoms with Crippen LogP contribution in [0.15, 0.2) is 22.7 Å². The summed E-state index contributed by atoms with van der Waals surface area (Å²) >= 11 is 0. The van der Waals surface area contributed by atoms with Crippen molar-refractivity contribution in [1.29, 1.82) is 0 Å². The molecule has 1 aromatic heterocycles. The zero-order valence-corrected chi connectivity index (χ0v) is 12.5.